The minimum Gasteiger partial charge on any atom is -0.343 e. The van der Waals surface area contributed by atoms with E-state index >= 15 is 0 Å². The average Bonchev–Trinajstić information content (AvgIpc) is 2.79. The van der Waals surface area contributed by atoms with Crippen molar-refractivity contribution in [3.8, 4) is 0 Å². The number of hydrogen-bond donors (Lipinski definition) is 0. The minimum atomic E-state index is -0.875. The van der Waals surface area contributed by atoms with E-state index in [9.17, 15) is 13.2 Å². The number of benzene rings is 2. The Balaban J connectivity index is 2.01. The zero-order chi connectivity index (χ0) is 13.4. The molecule has 4 heteroatoms. The maximum Gasteiger partial charge on any atom is 0.159 e. The molecule has 0 saturated carbocycles. The maximum atomic E-state index is 13.5. The molecule has 3 aromatic rings. The summed E-state index contributed by atoms with van der Waals surface area (Å²) in [4.78, 5) is 0. The molecule has 0 saturated heterocycles. The van der Waals surface area contributed by atoms with Crippen LogP contribution in [0.3, 0.4) is 0 Å². The maximum absolute atomic E-state index is 13.5. The summed E-state index contributed by atoms with van der Waals surface area (Å²) in [6.45, 7) is 0.365. The average molecular weight is 261 g/mol. The Bertz CT molecular complexity index is 746. The van der Waals surface area contributed by atoms with Crippen LogP contribution >= 0.6 is 0 Å². The van der Waals surface area contributed by atoms with Crippen molar-refractivity contribution in [1.82, 2.24) is 4.57 Å². The molecule has 2 aromatic carbocycles. The number of nitrogens with zero attached hydrogens (tertiary/aromatic N) is 1. The van der Waals surface area contributed by atoms with Gasteiger partial charge in [-0.1, -0.05) is 12.1 Å². The van der Waals surface area contributed by atoms with E-state index in [1.165, 1.54) is 12.1 Å². The third-order valence-electron chi connectivity index (χ3n) is 3.10. The van der Waals surface area contributed by atoms with Gasteiger partial charge in [-0.15, -0.1) is 0 Å². The Morgan fingerprint density at radius 2 is 1.68 bits per heavy atom. The quantitative estimate of drug-likeness (QED) is 0.654. The molecule has 96 valence electrons. The minimum absolute atomic E-state index is 0.290. The number of aromatic nitrogens is 1. The van der Waals surface area contributed by atoms with E-state index in [0.29, 0.717) is 17.5 Å². The van der Waals surface area contributed by atoms with Gasteiger partial charge in [0.2, 0.25) is 0 Å². The monoisotopic (exact) mass is 261 g/mol. The third-order valence-corrected chi connectivity index (χ3v) is 3.10. The Kier molecular flexibility index (Phi) is 2.78. The van der Waals surface area contributed by atoms with Gasteiger partial charge in [-0.2, -0.15) is 0 Å². The molecule has 0 aliphatic carbocycles. The van der Waals surface area contributed by atoms with Gasteiger partial charge in [0.05, 0.1) is 5.52 Å². The van der Waals surface area contributed by atoms with E-state index in [1.807, 2.05) is 0 Å². The molecule has 19 heavy (non-hydrogen) atoms. The lowest BCUT2D eigenvalue weighted by molar-refractivity contribution is 0.506. The van der Waals surface area contributed by atoms with E-state index < -0.39 is 11.6 Å². The molecule has 0 unspecified atom stereocenters. The van der Waals surface area contributed by atoms with E-state index in [1.54, 1.807) is 29.0 Å². The highest BCUT2D eigenvalue weighted by molar-refractivity contribution is 5.80. The standard InChI is InChI=1S/C15H10F3N/c16-12-2-1-3-15-11(12)6-7-19(15)9-10-4-5-13(17)14(18)8-10/h1-8H,9H2. The van der Waals surface area contributed by atoms with E-state index in [-0.39, 0.29) is 5.82 Å². The predicted octanol–water partition coefficient (Wildman–Crippen LogP) is 4.11. The summed E-state index contributed by atoms with van der Waals surface area (Å²) in [5.41, 5.74) is 1.35. The first-order chi connectivity index (χ1) is 9.15. The lowest BCUT2D eigenvalue weighted by Gasteiger charge is -2.06. The number of rotatable bonds is 2. The number of hydrogen-bond acceptors (Lipinski definition) is 0. The molecular formula is C15H10F3N. The van der Waals surface area contributed by atoms with E-state index in [2.05, 4.69) is 0 Å². The molecule has 1 heterocycles. The summed E-state index contributed by atoms with van der Waals surface area (Å²) in [5, 5.41) is 0.519. The van der Waals surface area contributed by atoms with E-state index in [0.717, 1.165) is 17.6 Å². The van der Waals surface area contributed by atoms with Crippen molar-refractivity contribution < 1.29 is 13.2 Å². The molecule has 0 radical (unpaired) electrons. The van der Waals surface area contributed by atoms with Gasteiger partial charge in [0.15, 0.2) is 11.6 Å². The fourth-order valence-electron chi connectivity index (χ4n) is 2.16. The molecule has 0 spiro atoms. The summed E-state index contributed by atoms with van der Waals surface area (Å²) in [5.74, 6) is -2.03. The van der Waals surface area contributed by atoms with Crippen molar-refractivity contribution in [2.24, 2.45) is 0 Å². The molecule has 0 aliphatic heterocycles. The second-order valence-corrected chi connectivity index (χ2v) is 4.36. The Hall–Kier alpha value is -2.23. The first-order valence-corrected chi connectivity index (χ1v) is 5.82. The van der Waals surface area contributed by atoms with Crippen LogP contribution in [0.5, 0.6) is 0 Å². The Labute approximate surface area is 107 Å². The van der Waals surface area contributed by atoms with Crippen LogP contribution in [0.1, 0.15) is 5.56 Å². The number of halogens is 3. The first-order valence-electron chi connectivity index (χ1n) is 5.82. The van der Waals surface area contributed by atoms with Crippen molar-refractivity contribution in [1.29, 1.82) is 0 Å². The molecular weight excluding hydrogens is 251 g/mol. The molecule has 0 bridgehead atoms. The van der Waals surface area contributed by atoms with Crippen LogP contribution in [0.25, 0.3) is 10.9 Å². The summed E-state index contributed by atoms with van der Waals surface area (Å²) >= 11 is 0. The molecule has 0 amide bonds. The topological polar surface area (TPSA) is 4.93 Å². The van der Waals surface area contributed by atoms with Gasteiger partial charge in [0.25, 0.3) is 0 Å². The van der Waals surface area contributed by atoms with Crippen LogP contribution in [-0.2, 0) is 6.54 Å². The predicted molar refractivity (Wildman–Crippen MR) is 67.4 cm³/mol. The van der Waals surface area contributed by atoms with Crippen molar-refractivity contribution in [3.05, 3.63) is 71.7 Å². The highest BCUT2D eigenvalue weighted by atomic mass is 19.2. The van der Waals surface area contributed by atoms with Gasteiger partial charge in [-0.05, 0) is 35.9 Å². The summed E-state index contributed by atoms with van der Waals surface area (Å²) in [6, 6.07) is 10.2. The summed E-state index contributed by atoms with van der Waals surface area (Å²) in [7, 11) is 0. The van der Waals surface area contributed by atoms with Gasteiger partial charge in [-0.25, -0.2) is 13.2 Å². The van der Waals surface area contributed by atoms with Crippen LogP contribution < -0.4 is 0 Å². The third kappa shape index (κ3) is 2.10. The highest BCUT2D eigenvalue weighted by Crippen LogP contribution is 2.20. The zero-order valence-electron chi connectivity index (χ0n) is 9.91. The molecule has 1 aromatic heterocycles. The largest absolute Gasteiger partial charge is 0.343 e. The second-order valence-electron chi connectivity index (χ2n) is 4.36. The second kappa shape index (κ2) is 4.46. The van der Waals surface area contributed by atoms with Crippen molar-refractivity contribution >= 4 is 10.9 Å². The molecule has 0 aliphatic rings. The van der Waals surface area contributed by atoms with Crippen LogP contribution in [0.15, 0.2) is 48.7 Å². The number of fused-ring (bicyclic) bond motifs is 1. The molecule has 0 atom stereocenters. The zero-order valence-corrected chi connectivity index (χ0v) is 9.91. The smallest absolute Gasteiger partial charge is 0.159 e. The van der Waals surface area contributed by atoms with Crippen molar-refractivity contribution in [3.63, 3.8) is 0 Å². The molecule has 3 rings (SSSR count). The lowest BCUT2D eigenvalue weighted by atomic mass is 10.2. The normalized spacial score (nSPS) is 11.1. The fraction of sp³-hybridized carbons (Fsp3) is 0.0667. The van der Waals surface area contributed by atoms with Crippen LogP contribution in [-0.4, -0.2) is 4.57 Å². The van der Waals surface area contributed by atoms with Crippen molar-refractivity contribution in [2.75, 3.05) is 0 Å². The van der Waals surface area contributed by atoms with Gasteiger partial charge < -0.3 is 4.57 Å². The highest BCUT2D eigenvalue weighted by Gasteiger charge is 2.07. The van der Waals surface area contributed by atoms with Crippen LogP contribution in [0.4, 0.5) is 13.2 Å². The lowest BCUT2D eigenvalue weighted by Crippen LogP contribution is -1.99. The SMILES string of the molecule is Fc1ccc(Cn2ccc3c(F)cccc32)cc1F. The molecule has 0 N–H and O–H groups in total. The summed E-state index contributed by atoms with van der Waals surface area (Å²) < 4.78 is 41.3. The molecule has 1 nitrogen and oxygen atoms in total. The van der Waals surface area contributed by atoms with Crippen LogP contribution in [0, 0.1) is 17.5 Å². The Morgan fingerprint density at radius 1 is 0.842 bits per heavy atom. The van der Waals surface area contributed by atoms with Gasteiger partial charge in [0, 0.05) is 18.1 Å². The van der Waals surface area contributed by atoms with E-state index in [4.69, 9.17) is 0 Å². The van der Waals surface area contributed by atoms with Gasteiger partial charge in [-0.3, -0.25) is 0 Å². The summed E-state index contributed by atoms with van der Waals surface area (Å²) in [6.07, 6.45) is 1.73. The fourth-order valence-corrected chi connectivity index (χ4v) is 2.16. The van der Waals surface area contributed by atoms with Gasteiger partial charge in [0.1, 0.15) is 5.82 Å². The molecule has 0 fully saturated rings. The van der Waals surface area contributed by atoms with Crippen LogP contribution in [0.2, 0.25) is 0 Å². The van der Waals surface area contributed by atoms with Gasteiger partial charge >= 0.3 is 0 Å². The first kappa shape index (κ1) is 11.8. The van der Waals surface area contributed by atoms with Crippen molar-refractivity contribution in [2.45, 2.75) is 6.54 Å². The Morgan fingerprint density at radius 3 is 2.47 bits per heavy atom.